The van der Waals surface area contributed by atoms with Gasteiger partial charge in [-0.05, 0) is 25.3 Å². The number of rotatable bonds is 6. The predicted octanol–water partition coefficient (Wildman–Crippen LogP) is 2.29. The molecule has 1 amide bonds. The van der Waals surface area contributed by atoms with Gasteiger partial charge in [-0.3, -0.25) is 4.79 Å². The van der Waals surface area contributed by atoms with E-state index < -0.39 is 0 Å². The lowest BCUT2D eigenvalue weighted by atomic mass is 10.2. The highest BCUT2D eigenvalue weighted by molar-refractivity contribution is 14.0. The van der Waals surface area contributed by atoms with Crippen LogP contribution in [0.5, 0.6) is 0 Å². The maximum absolute atomic E-state index is 11.8. The Hall–Kier alpha value is -1.62. The summed E-state index contributed by atoms with van der Waals surface area (Å²) >= 11 is 1.67. The molecule has 0 aliphatic heterocycles. The summed E-state index contributed by atoms with van der Waals surface area (Å²) in [5.41, 5.74) is 1.80. The molecule has 0 bridgehead atoms. The van der Waals surface area contributed by atoms with Crippen molar-refractivity contribution >= 4 is 47.2 Å². The molecule has 0 unspecified atom stereocenters. The predicted molar refractivity (Wildman–Crippen MR) is 110 cm³/mol. The van der Waals surface area contributed by atoms with E-state index in [0.29, 0.717) is 19.0 Å². The van der Waals surface area contributed by atoms with Gasteiger partial charge in [0.2, 0.25) is 5.91 Å². The van der Waals surface area contributed by atoms with Gasteiger partial charge in [-0.15, -0.1) is 35.3 Å². The normalized spacial score (nSPS) is 11.0. The fraction of sp³-hybridized carbons (Fsp3) is 0.438. The second-order valence-corrected chi connectivity index (χ2v) is 6.57. The van der Waals surface area contributed by atoms with Crippen molar-refractivity contribution in [3.05, 3.63) is 39.4 Å². The van der Waals surface area contributed by atoms with Crippen LogP contribution in [-0.2, 0) is 17.9 Å². The molecule has 2 aromatic rings. The van der Waals surface area contributed by atoms with Gasteiger partial charge in [-0.25, -0.2) is 4.99 Å². The van der Waals surface area contributed by atoms with Crippen molar-refractivity contribution in [1.82, 2.24) is 20.7 Å². The van der Waals surface area contributed by atoms with Gasteiger partial charge in [-0.1, -0.05) is 11.2 Å². The molecule has 0 aliphatic rings. The number of guanidine groups is 1. The fourth-order valence-corrected chi connectivity index (χ4v) is 2.61. The molecule has 0 saturated carbocycles. The number of carbonyl (C=O) groups is 1. The number of aliphatic imine (C=N–C) groups is 1. The Morgan fingerprint density at radius 2 is 2.12 bits per heavy atom. The second kappa shape index (κ2) is 10.4. The first-order valence-electron chi connectivity index (χ1n) is 7.64. The van der Waals surface area contributed by atoms with Crippen LogP contribution in [0.2, 0.25) is 0 Å². The van der Waals surface area contributed by atoms with Crippen molar-refractivity contribution in [2.24, 2.45) is 4.99 Å². The van der Waals surface area contributed by atoms with E-state index in [1.54, 1.807) is 25.4 Å². The number of nitrogens with zero attached hydrogens (tertiary/aromatic N) is 3. The van der Waals surface area contributed by atoms with Gasteiger partial charge >= 0.3 is 0 Å². The zero-order chi connectivity index (χ0) is 17.5. The molecule has 9 heteroatoms. The first-order valence-corrected chi connectivity index (χ1v) is 8.51. The molecule has 0 fully saturated rings. The maximum Gasteiger partial charge on any atom is 0.241 e. The standard InChI is InChI=1S/C16H23N5O2S.HI/c1-11-14(12(2)23-20-11)9-18-16(19-10-15(22)21(3)4)17-8-13-6-5-7-24-13;/h5-7H,8-10H2,1-4H3,(H2,17,18,19);1H. The van der Waals surface area contributed by atoms with E-state index in [2.05, 4.69) is 26.8 Å². The summed E-state index contributed by atoms with van der Waals surface area (Å²) < 4.78 is 5.16. The fourth-order valence-electron chi connectivity index (χ4n) is 1.96. The second-order valence-electron chi connectivity index (χ2n) is 5.54. The third-order valence-corrected chi connectivity index (χ3v) is 4.37. The quantitative estimate of drug-likeness (QED) is 0.379. The molecule has 0 saturated heterocycles. The molecule has 2 heterocycles. The highest BCUT2D eigenvalue weighted by atomic mass is 127. The smallest absolute Gasteiger partial charge is 0.241 e. The molecule has 0 atom stereocenters. The van der Waals surface area contributed by atoms with Crippen LogP contribution in [0.3, 0.4) is 0 Å². The third kappa shape index (κ3) is 6.65. The Morgan fingerprint density at radius 1 is 1.36 bits per heavy atom. The maximum atomic E-state index is 11.8. The van der Waals surface area contributed by atoms with Crippen molar-refractivity contribution in [1.29, 1.82) is 0 Å². The number of amides is 1. The summed E-state index contributed by atoms with van der Waals surface area (Å²) in [6.07, 6.45) is 0. The van der Waals surface area contributed by atoms with Crippen molar-refractivity contribution < 1.29 is 9.32 Å². The minimum atomic E-state index is -0.0158. The molecule has 25 heavy (non-hydrogen) atoms. The summed E-state index contributed by atoms with van der Waals surface area (Å²) in [6, 6.07) is 4.06. The van der Waals surface area contributed by atoms with E-state index in [9.17, 15) is 4.79 Å². The molecule has 2 aromatic heterocycles. The van der Waals surface area contributed by atoms with Gasteiger partial charge in [0.25, 0.3) is 0 Å². The number of aryl methyl sites for hydroxylation is 2. The molecule has 138 valence electrons. The molecular formula is C16H24IN5O2S. The topological polar surface area (TPSA) is 82.8 Å². The first-order chi connectivity index (χ1) is 11.5. The molecule has 0 aromatic carbocycles. The summed E-state index contributed by atoms with van der Waals surface area (Å²) in [7, 11) is 3.45. The van der Waals surface area contributed by atoms with Crippen LogP contribution in [-0.4, -0.2) is 42.6 Å². The average molecular weight is 477 g/mol. The van der Waals surface area contributed by atoms with E-state index in [4.69, 9.17) is 4.52 Å². The van der Waals surface area contributed by atoms with Crippen LogP contribution in [0.1, 0.15) is 21.9 Å². The van der Waals surface area contributed by atoms with Crippen molar-refractivity contribution in [3.63, 3.8) is 0 Å². The number of nitrogens with one attached hydrogen (secondary N) is 2. The SMILES string of the molecule is Cc1noc(C)c1CN=C(NCC(=O)N(C)C)NCc1cccs1.I. The Kier molecular flexibility index (Phi) is 8.90. The van der Waals surface area contributed by atoms with E-state index in [1.807, 2.05) is 25.3 Å². The largest absolute Gasteiger partial charge is 0.361 e. The molecule has 2 rings (SSSR count). The average Bonchev–Trinajstić information content (AvgIpc) is 3.17. The monoisotopic (exact) mass is 477 g/mol. The van der Waals surface area contributed by atoms with Crippen molar-refractivity contribution in [2.45, 2.75) is 26.9 Å². The van der Waals surface area contributed by atoms with Crippen LogP contribution >= 0.6 is 35.3 Å². The van der Waals surface area contributed by atoms with Gasteiger partial charge in [0.1, 0.15) is 5.76 Å². The van der Waals surface area contributed by atoms with E-state index in [-0.39, 0.29) is 36.4 Å². The van der Waals surface area contributed by atoms with Crippen LogP contribution < -0.4 is 10.6 Å². The Morgan fingerprint density at radius 3 is 2.68 bits per heavy atom. The number of thiophene rings is 1. The zero-order valence-electron chi connectivity index (χ0n) is 14.8. The number of carbonyl (C=O) groups excluding carboxylic acids is 1. The van der Waals surface area contributed by atoms with Crippen molar-refractivity contribution in [2.75, 3.05) is 20.6 Å². The molecule has 0 spiro atoms. The highest BCUT2D eigenvalue weighted by Gasteiger charge is 2.10. The highest BCUT2D eigenvalue weighted by Crippen LogP contribution is 2.13. The number of hydrogen-bond donors (Lipinski definition) is 2. The minimum Gasteiger partial charge on any atom is -0.361 e. The van der Waals surface area contributed by atoms with Gasteiger partial charge in [0, 0.05) is 24.5 Å². The number of aromatic nitrogens is 1. The van der Waals surface area contributed by atoms with E-state index in [0.717, 1.165) is 17.0 Å². The minimum absolute atomic E-state index is 0. The summed E-state index contributed by atoms with van der Waals surface area (Å²) in [6.45, 7) is 5.04. The lowest BCUT2D eigenvalue weighted by Crippen LogP contribution is -2.42. The van der Waals surface area contributed by atoms with Gasteiger partial charge in [-0.2, -0.15) is 0 Å². The van der Waals surface area contributed by atoms with Crippen molar-refractivity contribution in [3.8, 4) is 0 Å². The van der Waals surface area contributed by atoms with Crippen LogP contribution in [0, 0.1) is 13.8 Å². The van der Waals surface area contributed by atoms with Gasteiger partial charge < -0.3 is 20.1 Å². The van der Waals surface area contributed by atoms with Gasteiger partial charge in [0.15, 0.2) is 5.96 Å². The molecule has 2 N–H and O–H groups in total. The lowest BCUT2D eigenvalue weighted by Gasteiger charge is -2.14. The van der Waals surface area contributed by atoms with Crippen LogP contribution in [0.15, 0.2) is 27.0 Å². The number of likely N-dealkylation sites (N-methyl/N-ethyl adjacent to an activating group) is 1. The number of halogens is 1. The Labute approximate surface area is 168 Å². The zero-order valence-corrected chi connectivity index (χ0v) is 18.0. The number of hydrogen-bond acceptors (Lipinski definition) is 5. The Balaban J connectivity index is 0.00000312. The lowest BCUT2D eigenvalue weighted by molar-refractivity contribution is -0.127. The summed E-state index contributed by atoms with van der Waals surface area (Å²) in [4.78, 5) is 19.1. The van der Waals surface area contributed by atoms with Crippen LogP contribution in [0.4, 0.5) is 0 Å². The molecule has 0 aliphatic carbocycles. The molecule has 0 radical (unpaired) electrons. The van der Waals surface area contributed by atoms with E-state index >= 15 is 0 Å². The van der Waals surface area contributed by atoms with Crippen LogP contribution in [0.25, 0.3) is 0 Å². The Bertz CT molecular complexity index is 678. The molecular weight excluding hydrogens is 453 g/mol. The first kappa shape index (κ1) is 21.4. The summed E-state index contributed by atoms with van der Waals surface area (Å²) in [5.74, 6) is 1.33. The van der Waals surface area contributed by atoms with Gasteiger partial charge in [0.05, 0.1) is 25.3 Å². The summed E-state index contributed by atoms with van der Waals surface area (Å²) in [5, 5.41) is 12.3. The molecule has 7 nitrogen and oxygen atoms in total. The third-order valence-electron chi connectivity index (χ3n) is 3.49. The van der Waals surface area contributed by atoms with E-state index in [1.165, 1.54) is 9.78 Å².